The number of Topliss-reactive ketones (excluding diaryl/α,β-unsaturated/α-hetero) is 1. The van der Waals surface area contributed by atoms with Gasteiger partial charge in [-0.2, -0.15) is 0 Å². The number of rotatable bonds is 2. The molecule has 1 heterocycles. The third-order valence-corrected chi connectivity index (χ3v) is 4.57. The third-order valence-electron chi connectivity index (χ3n) is 4.57. The summed E-state index contributed by atoms with van der Waals surface area (Å²) in [5.41, 5.74) is -3.05. The maximum atomic E-state index is 12.6. The number of fused-ring (bicyclic) bond motifs is 4. The Morgan fingerprint density at radius 3 is 2.29 bits per heavy atom. The van der Waals surface area contributed by atoms with Crippen molar-refractivity contribution < 1.29 is 19.5 Å². The summed E-state index contributed by atoms with van der Waals surface area (Å²) in [7, 11) is 1.65. The van der Waals surface area contributed by atoms with Crippen molar-refractivity contribution in [3.8, 4) is 0 Å². The Morgan fingerprint density at radius 2 is 1.67 bits per heavy atom. The zero-order chi connectivity index (χ0) is 15.4. The SMILES string of the molecule is C[NH+]1C[C@]2([N+](=O)[O-])C[C@]([N+](=O)[O-])(C1)c1ccccc1C2=O. The first-order valence-corrected chi connectivity index (χ1v) is 6.58. The number of nitrogens with zero attached hydrogens (tertiary/aromatic N) is 2. The number of hydrogen-bond donors (Lipinski definition) is 1. The fourth-order valence-corrected chi connectivity index (χ4v) is 3.80. The van der Waals surface area contributed by atoms with Gasteiger partial charge in [0.25, 0.3) is 0 Å². The van der Waals surface area contributed by atoms with Gasteiger partial charge in [-0.15, -0.1) is 0 Å². The molecule has 1 aromatic rings. The summed E-state index contributed by atoms with van der Waals surface area (Å²) in [6, 6.07) is 6.20. The van der Waals surface area contributed by atoms with E-state index >= 15 is 0 Å². The molecule has 0 aromatic heterocycles. The molecule has 1 fully saturated rings. The van der Waals surface area contributed by atoms with Crippen molar-refractivity contribution in [2.24, 2.45) is 0 Å². The predicted octanol–water partition coefficient (Wildman–Crippen LogP) is -0.711. The van der Waals surface area contributed by atoms with E-state index in [0.29, 0.717) is 10.5 Å². The van der Waals surface area contributed by atoms with E-state index in [1.807, 2.05) is 0 Å². The molecule has 110 valence electrons. The molecule has 0 saturated carbocycles. The first-order valence-electron chi connectivity index (χ1n) is 6.58. The van der Waals surface area contributed by atoms with E-state index in [2.05, 4.69) is 0 Å². The van der Waals surface area contributed by atoms with Crippen molar-refractivity contribution in [1.29, 1.82) is 0 Å². The van der Waals surface area contributed by atoms with Crippen LogP contribution < -0.4 is 4.90 Å². The molecule has 8 heteroatoms. The highest BCUT2D eigenvalue weighted by atomic mass is 16.6. The van der Waals surface area contributed by atoms with Crippen LogP contribution >= 0.6 is 0 Å². The fraction of sp³-hybridized carbons (Fsp3) is 0.462. The zero-order valence-electron chi connectivity index (χ0n) is 11.4. The summed E-state index contributed by atoms with van der Waals surface area (Å²) in [5.74, 6) is -0.611. The Hall–Kier alpha value is -2.35. The van der Waals surface area contributed by atoms with Crippen LogP contribution in [0, 0.1) is 20.2 Å². The number of nitrogens with one attached hydrogen (secondary N) is 1. The minimum atomic E-state index is -1.90. The molecule has 1 aliphatic carbocycles. The second-order valence-corrected chi connectivity index (χ2v) is 5.94. The second-order valence-electron chi connectivity index (χ2n) is 5.94. The lowest BCUT2D eigenvalue weighted by Crippen LogP contribution is -3.16. The highest BCUT2D eigenvalue weighted by molar-refractivity contribution is 6.05. The van der Waals surface area contributed by atoms with E-state index in [-0.39, 0.29) is 25.1 Å². The van der Waals surface area contributed by atoms with Crippen LogP contribution in [0.5, 0.6) is 0 Å². The summed E-state index contributed by atoms with van der Waals surface area (Å²) >= 11 is 0. The lowest BCUT2D eigenvalue weighted by molar-refractivity contribution is -0.927. The van der Waals surface area contributed by atoms with Gasteiger partial charge in [0.2, 0.25) is 5.78 Å². The molecule has 1 aromatic carbocycles. The number of carbonyl (C=O) groups excluding carboxylic acids is 1. The van der Waals surface area contributed by atoms with E-state index in [9.17, 15) is 25.0 Å². The van der Waals surface area contributed by atoms with Gasteiger partial charge >= 0.3 is 11.1 Å². The largest absolute Gasteiger partial charge is 0.338 e. The van der Waals surface area contributed by atoms with Crippen molar-refractivity contribution in [2.75, 3.05) is 20.1 Å². The number of likely N-dealkylation sites (tertiary alicyclic amines) is 1. The lowest BCUT2D eigenvalue weighted by Gasteiger charge is -2.42. The fourth-order valence-electron chi connectivity index (χ4n) is 3.80. The maximum Gasteiger partial charge on any atom is 0.338 e. The van der Waals surface area contributed by atoms with Gasteiger partial charge in [0.15, 0.2) is 13.1 Å². The quantitative estimate of drug-likeness (QED) is 0.572. The topological polar surface area (TPSA) is 108 Å². The third kappa shape index (κ3) is 1.56. The van der Waals surface area contributed by atoms with E-state index in [0.717, 1.165) is 0 Å². The van der Waals surface area contributed by atoms with Crippen LogP contribution in [0.1, 0.15) is 22.3 Å². The van der Waals surface area contributed by atoms with E-state index in [1.54, 1.807) is 25.2 Å². The summed E-state index contributed by atoms with van der Waals surface area (Å²) in [4.78, 5) is 35.4. The molecule has 3 rings (SSSR count). The normalized spacial score (nSPS) is 34.1. The van der Waals surface area contributed by atoms with Crippen LogP contribution in [0.15, 0.2) is 24.3 Å². The van der Waals surface area contributed by atoms with E-state index < -0.39 is 26.7 Å². The minimum absolute atomic E-state index is 0.0250. The molecule has 1 aliphatic heterocycles. The Kier molecular flexibility index (Phi) is 2.64. The van der Waals surface area contributed by atoms with Crippen molar-refractivity contribution in [3.63, 3.8) is 0 Å². The van der Waals surface area contributed by atoms with Gasteiger partial charge in [0.1, 0.15) is 6.42 Å². The Morgan fingerprint density at radius 1 is 1.10 bits per heavy atom. The van der Waals surface area contributed by atoms with Crippen LogP contribution in [0.2, 0.25) is 0 Å². The van der Waals surface area contributed by atoms with Gasteiger partial charge in [0, 0.05) is 21.0 Å². The van der Waals surface area contributed by atoms with Crippen LogP contribution in [0.25, 0.3) is 0 Å². The van der Waals surface area contributed by atoms with Crippen molar-refractivity contribution in [3.05, 3.63) is 55.6 Å². The molecule has 0 radical (unpaired) electrons. The number of likely N-dealkylation sites (N-methyl/N-ethyl adjacent to an activating group) is 1. The number of quaternary nitrogens is 1. The number of benzene rings is 1. The Balaban J connectivity index is 2.35. The number of piperidine rings is 1. The van der Waals surface area contributed by atoms with E-state index in [1.165, 1.54) is 6.07 Å². The van der Waals surface area contributed by atoms with Crippen LogP contribution in [-0.4, -0.2) is 41.3 Å². The second kappa shape index (κ2) is 4.08. The van der Waals surface area contributed by atoms with Crippen molar-refractivity contribution in [2.45, 2.75) is 17.5 Å². The smallest absolute Gasteiger partial charge is 0.325 e. The Bertz CT molecular complexity index is 676. The molecule has 2 aliphatic rings. The van der Waals surface area contributed by atoms with Gasteiger partial charge in [-0.3, -0.25) is 25.0 Å². The van der Waals surface area contributed by atoms with Crippen LogP contribution in [0.3, 0.4) is 0 Å². The molecular formula is C13H14N3O5+. The number of nitro groups is 2. The molecule has 0 spiro atoms. The molecule has 8 nitrogen and oxygen atoms in total. The van der Waals surface area contributed by atoms with Gasteiger partial charge in [0.05, 0.1) is 7.05 Å². The first-order chi connectivity index (χ1) is 9.83. The monoisotopic (exact) mass is 292 g/mol. The standard InChI is InChI=1S/C13H13N3O5/c1-14-7-12(15(18)19)6-13(8-14,16(20)21)11(17)9-4-2-3-5-10(9)12/h2-5H,6-8H2,1H3/p+1/t12-,13+/m0/s1. The molecular weight excluding hydrogens is 278 g/mol. The van der Waals surface area contributed by atoms with Crippen LogP contribution in [0.4, 0.5) is 0 Å². The molecule has 0 amide bonds. The summed E-state index contributed by atoms with van der Waals surface area (Å²) < 4.78 is 0. The predicted molar refractivity (Wildman–Crippen MR) is 70.4 cm³/mol. The average Bonchev–Trinajstić information content (AvgIpc) is 2.44. The number of hydrogen-bond acceptors (Lipinski definition) is 5. The summed E-state index contributed by atoms with van der Waals surface area (Å²) in [5, 5.41) is 23.3. The van der Waals surface area contributed by atoms with Crippen molar-refractivity contribution >= 4 is 5.78 Å². The van der Waals surface area contributed by atoms with Gasteiger partial charge in [-0.1, -0.05) is 24.3 Å². The average molecular weight is 292 g/mol. The molecule has 2 bridgehead atoms. The highest BCUT2D eigenvalue weighted by Gasteiger charge is 2.72. The summed E-state index contributed by atoms with van der Waals surface area (Å²) in [6.45, 7) is 0.114. The highest BCUT2D eigenvalue weighted by Crippen LogP contribution is 2.44. The van der Waals surface area contributed by atoms with E-state index in [4.69, 9.17) is 0 Å². The van der Waals surface area contributed by atoms with Gasteiger partial charge in [-0.05, 0) is 0 Å². The van der Waals surface area contributed by atoms with Gasteiger partial charge < -0.3 is 4.90 Å². The molecule has 21 heavy (non-hydrogen) atoms. The summed E-state index contributed by atoms with van der Waals surface area (Å²) in [6.07, 6.45) is -0.368. The first kappa shape index (κ1) is 13.6. The van der Waals surface area contributed by atoms with Crippen LogP contribution in [-0.2, 0) is 5.54 Å². The zero-order valence-corrected chi connectivity index (χ0v) is 11.4. The number of ketones is 1. The number of carbonyl (C=O) groups is 1. The van der Waals surface area contributed by atoms with Gasteiger partial charge in [-0.25, -0.2) is 0 Å². The lowest BCUT2D eigenvalue weighted by atomic mass is 9.64. The molecule has 1 N–H and O–H groups in total. The Labute approximate surface area is 119 Å². The van der Waals surface area contributed by atoms with Crippen molar-refractivity contribution in [1.82, 2.24) is 0 Å². The molecule has 1 saturated heterocycles. The molecule has 1 unspecified atom stereocenters. The maximum absolute atomic E-state index is 12.6. The minimum Gasteiger partial charge on any atom is -0.325 e. The molecule has 3 atom stereocenters.